The monoisotopic (exact) mass is 561 g/mol. The van der Waals surface area contributed by atoms with Gasteiger partial charge in [0.05, 0.1) is 7.11 Å². The average Bonchev–Trinajstić information content (AvgIpc) is 2.93. The second-order valence-electron chi connectivity index (χ2n) is 10.6. The number of benzene rings is 3. The highest BCUT2D eigenvalue weighted by Crippen LogP contribution is 2.27. The minimum Gasteiger partial charge on any atom is -0.508 e. The van der Waals surface area contributed by atoms with E-state index in [9.17, 15) is 19.5 Å². The molecule has 0 fully saturated rings. The second kappa shape index (κ2) is 14.2. The van der Waals surface area contributed by atoms with Crippen molar-refractivity contribution in [3.63, 3.8) is 0 Å². The summed E-state index contributed by atoms with van der Waals surface area (Å²) in [7, 11) is 1.56. The van der Waals surface area contributed by atoms with E-state index in [-0.39, 0.29) is 18.7 Å². The summed E-state index contributed by atoms with van der Waals surface area (Å²) in [5.41, 5.74) is 1.10. The number of methoxy groups -OCH3 is 1. The Morgan fingerprint density at radius 2 is 1.56 bits per heavy atom. The number of phenols is 1. The van der Waals surface area contributed by atoms with Crippen LogP contribution in [0.25, 0.3) is 0 Å². The van der Waals surface area contributed by atoms with Crippen molar-refractivity contribution in [2.24, 2.45) is 0 Å². The molecule has 2 unspecified atom stereocenters. The number of hydrogen-bond acceptors (Lipinski definition) is 6. The molecule has 0 aliphatic carbocycles. The van der Waals surface area contributed by atoms with E-state index in [1.807, 2.05) is 37.3 Å². The van der Waals surface area contributed by atoms with Crippen LogP contribution in [0.4, 0.5) is 10.5 Å². The number of phenolic OH excluding ortho intramolecular Hbond substituents is 1. The normalized spacial score (nSPS) is 12.5. The van der Waals surface area contributed by atoms with Gasteiger partial charge in [0.25, 0.3) is 5.91 Å². The average molecular weight is 562 g/mol. The van der Waals surface area contributed by atoms with Crippen LogP contribution in [0.15, 0.2) is 78.9 Å². The maximum Gasteiger partial charge on any atom is 0.408 e. The van der Waals surface area contributed by atoms with Gasteiger partial charge in [0.1, 0.15) is 29.2 Å². The molecular weight excluding hydrogens is 522 g/mol. The molecule has 3 N–H and O–H groups in total. The lowest BCUT2D eigenvalue weighted by atomic mass is 10.00. The van der Waals surface area contributed by atoms with Crippen molar-refractivity contribution in [3.05, 3.63) is 90.0 Å². The zero-order chi connectivity index (χ0) is 30.0. The summed E-state index contributed by atoms with van der Waals surface area (Å²) < 4.78 is 10.7. The molecule has 0 saturated heterocycles. The first-order valence-electron chi connectivity index (χ1n) is 13.6. The number of rotatable bonds is 11. The summed E-state index contributed by atoms with van der Waals surface area (Å²) in [6.45, 7) is 7.38. The number of aromatic hydroxyl groups is 1. The van der Waals surface area contributed by atoms with Gasteiger partial charge in [0.2, 0.25) is 5.91 Å². The molecule has 0 bridgehead atoms. The highest BCUT2D eigenvalue weighted by molar-refractivity contribution is 5.99. The number of nitrogens with zero attached hydrogens (tertiary/aromatic N) is 1. The molecule has 0 aromatic heterocycles. The maximum atomic E-state index is 14.3. The molecule has 3 aromatic carbocycles. The Bertz CT molecular complexity index is 1290. The first-order valence-corrected chi connectivity index (χ1v) is 13.6. The fraction of sp³-hybridized carbons (Fsp3) is 0.344. The minimum absolute atomic E-state index is 0.0324. The van der Waals surface area contributed by atoms with Gasteiger partial charge in [0, 0.05) is 18.7 Å². The Labute approximate surface area is 241 Å². The number of alkyl carbamates (subject to hydrolysis) is 1. The van der Waals surface area contributed by atoms with Gasteiger partial charge in [-0.3, -0.25) is 9.59 Å². The van der Waals surface area contributed by atoms with Crippen LogP contribution in [0, 0.1) is 0 Å². The molecule has 3 rings (SSSR count). The topological polar surface area (TPSA) is 117 Å². The van der Waals surface area contributed by atoms with Crippen LogP contribution in [-0.4, -0.2) is 53.2 Å². The van der Waals surface area contributed by atoms with E-state index in [0.717, 1.165) is 5.56 Å². The molecule has 0 radical (unpaired) electrons. The van der Waals surface area contributed by atoms with Gasteiger partial charge in [-0.05, 0) is 74.7 Å². The van der Waals surface area contributed by atoms with Crippen molar-refractivity contribution in [1.29, 1.82) is 0 Å². The van der Waals surface area contributed by atoms with E-state index in [4.69, 9.17) is 9.47 Å². The third-order valence-electron chi connectivity index (χ3n) is 6.15. The lowest BCUT2D eigenvalue weighted by Crippen LogP contribution is -2.53. The van der Waals surface area contributed by atoms with Crippen molar-refractivity contribution in [2.45, 2.75) is 58.2 Å². The number of carbonyl (C=O) groups excluding carboxylic acids is 3. The number of ether oxygens (including phenoxy) is 2. The molecule has 218 valence electrons. The summed E-state index contributed by atoms with van der Waals surface area (Å²) in [5, 5.41) is 15.5. The number of hydrogen-bond donors (Lipinski definition) is 3. The molecule has 3 aromatic rings. The summed E-state index contributed by atoms with van der Waals surface area (Å²) in [5.74, 6) is -0.217. The van der Waals surface area contributed by atoms with Crippen LogP contribution >= 0.6 is 0 Å². The molecule has 9 heteroatoms. The number of anilines is 1. The van der Waals surface area contributed by atoms with Gasteiger partial charge >= 0.3 is 6.09 Å². The summed E-state index contributed by atoms with van der Waals surface area (Å²) in [6, 6.07) is 20.3. The van der Waals surface area contributed by atoms with Crippen molar-refractivity contribution < 1.29 is 29.0 Å². The summed E-state index contributed by atoms with van der Waals surface area (Å²) >= 11 is 0. The molecule has 0 heterocycles. The van der Waals surface area contributed by atoms with E-state index in [1.54, 1.807) is 64.3 Å². The molecule has 0 saturated carbocycles. The minimum atomic E-state index is -1.05. The second-order valence-corrected chi connectivity index (χ2v) is 10.6. The van der Waals surface area contributed by atoms with Gasteiger partial charge in [-0.25, -0.2) is 4.79 Å². The molecule has 0 spiro atoms. The third kappa shape index (κ3) is 9.27. The van der Waals surface area contributed by atoms with Crippen LogP contribution < -0.4 is 15.4 Å². The van der Waals surface area contributed by atoms with E-state index >= 15 is 0 Å². The highest BCUT2D eigenvalue weighted by atomic mass is 16.6. The third-order valence-corrected chi connectivity index (χ3v) is 6.15. The van der Waals surface area contributed by atoms with Crippen LogP contribution in [-0.2, 0) is 20.7 Å². The standard InChI is InChI=1S/C32H39N3O6/c1-6-20-35(30(38)27(21-22-10-8-7-9-11-22)34-31(39)41-32(2,3)4)28(23-12-16-25(36)17-13-23)29(37)33-24-14-18-26(40-5)19-15-24/h7-19,27-28,36H,6,20-21H2,1-5H3,(H,33,37)(H,34,39). The Kier molecular flexibility index (Phi) is 10.7. The highest BCUT2D eigenvalue weighted by Gasteiger charge is 2.36. The lowest BCUT2D eigenvalue weighted by Gasteiger charge is -2.34. The summed E-state index contributed by atoms with van der Waals surface area (Å²) in [4.78, 5) is 42.4. The fourth-order valence-electron chi connectivity index (χ4n) is 4.32. The Morgan fingerprint density at radius 3 is 2.12 bits per heavy atom. The van der Waals surface area contributed by atoms with E-state index < -0.39 is 35.6 Å². The van der Waals surface area contributed by atoms with Gasteiger partial charge < -0.3 is 30.1 Å². The van der Waals surface area contributed by atoms with E-state index in [2.05, 4.69) is 10.6 Å². The molecule has 41 heavy (non-hydrogen) atoms. The zero-order valence-electron chi connectivity index (χ0n) is 24.2. The SMILES string of the molecule is CCCN(C(=O)C(Cc1ccccc1)NC(=O)OC(C)(C)C)C(C(=O)Nc1ccc(OC)cc1)c1ccc(O)cc1. The Balaban J connectivity index is 2.00. The van der Waals surface area contributed by atoms with Crippen molar-refractivity contribution in [3.8, 4) is 11.5 Å². The molecule has 0 aliphatic heterocycles. The van der Waals surface area contributed by atoms with Crippen LogP contribution in [0.1, 0.15) is 51.3 Å². The van der Waals surface area contributed by atoms with Gasteiger partial charge in [-0.1, -0.05) is 49.4 Å². The molecule has 3 amide bonds. The Morgan fingerprint density at radius 1 is 0.927 bits per heavy atom. The van der Waals surface area contributed by atoms with Crippen LogP contribution in [0.3, 0.4) is 0 Å². The predicted molar refractivity (Wildman–Crippen MR) is 158 cm³/mol. The lowest BCUT2D eigenvalue weighted by molar-refractivity contribution is -0.140. The zero-order valence-corrected chi connectivity index (χ0v) is 24.2. The molecule has 0 aliphatic rings. The van der Waals surface area contributed by atoms with Crippen LogP contribution in [0.5, 0.6) is 11.5 Å². The van der Waals surface area contributed by atoms with Gasteiger partial charge in [-0.2, -0.15) is 0 Å². The van der Waals surface area contributed by atoms with Gasteiger partial charge in [-0.15, -0.1) is 0 Å². The van der Waals surface area contributed by atoms with Gasteiger partial charge in [0.15, 0.2) is 0 Å². The first kappa shape index (κ1) is 31.0. The van der Waals surface area contributed by atoms with Crippen molar-refractivity contribution in [1.82, 2.24) is 10.2 Å². The first-order chi connectivity index (χ1) is 19.5. The number of carbonyl (C=O) groups is 3. The summed E-state index contributed by atoms with van der Waals surface area (Å²) in [6.07, 6.45) is 0.0226. The fourth-order valence-corrected chi connectivity index (χ4v) is 4.32. The predicted octanol–water partition coefficient (Wildman–Crippen LogP) is 5.46. The molecule has 9 nitrogen and oxygen atoms in total. The van der Waals surface area contributed by atoms with E-state index in [0.29, 0.717) is 23.4 Å². The quantitative estimate of drug-likeness (QED) is 0.286. The molecular formula is C32H39N3O6. The Hall–Kier alpha value is -4.53. The largest absolute Gasteiger partial charge is 0.508 e. The van der Waals surface area contributed by atoms with Crippen molar-refractivity contribution >= 4 is 23.6 Å². The maximum absolute atomic E-state index is 14.3. The van der Waals surface area contributed by atoms with Crippen molar-refractivity contribution in [2.75, 3.05) is 19.0 Å². The number of amides is 3. The smallest absolute Gasteiger partial charge is 0.408 e. The number of nitrogens with one attached hydrogen (secondary N) is 2. The van der Waals surface area contributed by atoms with Crippen LogP contribution in [0.2, 0.25) is 0 Å². The van der Waals surface area contributed by atoms with E-state index in [1.165, 1.54) is 17.0 Å². The molecule has 2 atom stereocenters.